The maximum absolute atomic E-state index is 11.1. The summed E-state index contributed by atoms with van der Waals surface area (Å²) >= 11 is 6.11. The summed E-state index contributed by atoms with van der Waals surface area (Å²) < 4.78 is 0. The Hall–Kier alpha value is -1.28. The third kappa shape index (κ3) is 1.98. The first-order chi connectivity index (χ1) is 7.59. The molecule has 16 heavy (non-hydrogen) atoms. The maximum Gasteiger partial charge on any atom is 0.331 e. The van der Waals surface area contributed by atoms with Crippen LogP contribution >= 0.6 is 11.6 Å². The van der Waals surface area contributed by atoms with Crippen molar-refractivity contribution in [3.8, 4) is 0 Å². The first-order valence-electron chi connectivity index (χ1n) is 5.32. The standard InChI is InChI=1S/C13H13ClO2/c1-8-5-6-10-9(3-2-4-12(10)14)7-11(8)13(15)16/h2-4,7-8H,5-6H2,1H3,(H,15,16). The summed E-state index contributed by atoms with van der Waals surface area (Å²) in [7, 11) is 0. The highest BCUT2D eigenvalue weighted by molar-refractivity contribution is 6.31. The van der Waals surface area contributed by atoms with E-state index in [1.807, 2.05) is 25.1 Å². The summed E-state index contributed by atoms with van der Waals surface area (Å²) in [5.41, 5.74) is 2.47. The zero-order chi connectivity index (χ0) is 11.7. The molecule has 0 aromatic heterocycles. The van der Waals surface area contributed by atoms with Gasteiger partial charge in [0, 0.05) is 10.6 Å². The molecule has 1 aliphatic rings. The Morgan fingerprint density at radius 3 is 2.94 bits per heavy atom. The molecule has 0 saturated carbocycles. The molecule has 0 heterocycles. The zero-order valence-corrected chi connectivity index (χ0v) is 9.79. The minimum Gasteiger partial charge on any atom is -0.478 e. The molecule has 0 bridgehead atoms. The van der Waals surface area contributed by atoms with Gasteiger partial charge in [-0.2, -0.15) is 0 Å². The van der Waals surface area contributed by atoms with Crippen LogP contribution in [0.5, 0.6) is 0 Å². The monoisotopic (exact) mass is 236 g/mol. The third-order valence-corrected chi connectivity index (χ3v) is 3.43. The van der Waals surface area contributed by atoms with E-state index in [9.17, 15) is 4.79 Å². The fourth-order valence-electron chi connectivity index (χ4n) is 2.07. The van der Waals surface area contributed by atoms with Gasteiger partial charge in [-0.25, -0.2) is 4.79 Å². The van der Waals surface area contributed by atoms with Crippen LogP contribution in [0.15, 0.2) is 23.8 Å². The number of carbonyl (C=O) groups is 1. The molecule has 1 aromatic rings. The average Bonchev–Trinajstić information content (AvgIpc) is 2.39. The zero-order valence-electron chi connectivity index (χ0n) is 9.03. The molecule has 1 aromatic carbocycles. The predicted molar refractivity (Wildman–Crippen MR) is 64.5 cm³/mol. The Bertz CT molecular complexity index is 463. The normalized spacial score (nSPS) is 19.6. The van der Waals surface area contributed by atoms with Crippen molar-refractivity contribution in [2.45, 2.75) is 19.8 Å². The van der Waals surface area contributed by atoms with Crippen molar-refractivity contribution >= 4 is 23.6 Å². The van der Waals surface area contributed by atoms with Gasteiger partial charge in [-0.3, -0.25) is 0 Å². The number of fused-ring (bicyclic) bond motifs is 1. The van der Waals surface area contributed by atoms with E-state index in [1.165, 1.54) is 0 Å². The van der Waals surface area contributed by atoms with Gasteiger partial charge in [-0.05, 0) is 42.0 Å². The van der Waals surface area contributed by atoms with Crippen molar-refractivity contribution in [1.29, 1.82) is 0 Å². The summed E-state index contributed by atoms with van der Waals surface area (Å²) in [4.78, 5) is 11.1. The van der Waals surface area contributed by atoms with E-state index in [-0.39, 0.29) is 5.92 Å². The molecule has 0 radical (unpaired) electrons. The van der Waals surface area contributed by atoms with Crippen molar-refractivity contribution in [3.63, 3.8) is 0 Å². The molecule has 84 valence electrons. The summed E-state index contributed by atoms with van der Waals surface area (Å²) in [5, 5.41) is 9.86. The van der Waals surface area contributed by atoms with Gasteiger partial charge in [0.2, 0.25) is 0 Å². The summed E-state index contributed by atoms with van der Waals surface area (Å²) in [5.74, 6) is -0.763. The van der Waals surface area contributed by atoms with Crippen LogP contribution in [0, 0.1) is 5.92 Å². The first kappa shape index (κ1) is 11.2. The van der Waals surface area contributed by atoms with Crippen LogP contribution in [0.2, 0.25) is 5.02 Å². The lowest BCUT2D eigenvalue weighted by Gasteiger charge is -2.08. The van der Waals surface area contributed by atoms with E-state index in [0.717, 1.165) is 29.0 Å². The number of carboxylic acids is 1. The maximum atomic E-state index is 11.1. The molecular weight excluding hydrogens is 224 g/mol. The number of hydrogen-bond donors (Lipinski definition) is 1. The molecule has 1 unspecified atom stereocenters. The molecule has 2 rings (SSSR count). The van der Waals surface area contributed by atoms with Gasteiger partial charge >= 0.3 is 5.97 Å². The molecule has 1 atom stereocenters. The summed E-state index contributed by atoms with van der Waals surface area (Å²) in [6.45, 7) is 1.94. The lowest BCUT2D eigenvalue weighted by atomic mass is 9.97. The SMILES string of the molecule is CC1CCc2c(Cl)cccc2C=C1C(=O)O. The molecule has 3 heteroatoms. The highest BCUT2D eigenvalue weighted by Crippen LogP contribution is 2.31. The highest BCUT2D eigenvalue weighted by Gasteiger charge is 2.21. The second-order valence-corrected chi connectivity index (χ2v) is 4.56. The highest BCUT2D eigenvalue weighted by atomic mass is 35.5. The van der Waals surface area contributed by atoms with Crippen molar-refractivity contribution in [2.24, 2.45) is 5.92 Å². The lowest BCUT2D eigenvalue weighted by molar-refractivity contribution is -0.133. The Kier molecular flexibility index (Phi) is 3.01. The van der Waals surface area contributed by atoms with Crippen molar-refractivity contribution in [3.05, 3.63) is 39.9 Å². The average molecular weight is 237 g/mol. The summed E-state index contributed by atoms with van der Waals surface area (Å²) in [6, 6.07) is 5.62. The second kappa shape index (κ2) is 4.30. The molecule has 0 amide bonds. The van der Waals surface area contributed by atoms with E-state index in [2.05, 4.69) is 0 Å². The van der Waals surface area contributed by atoms with Crippen molar-refractivity contribution in [1.82, 2.24) is 0 Å². The van der Waals surface area contributed by atoms with Gasteiger partial charge in [0.15, 0.2) is 0 Å². The molecule has 1 N–H and O–H groups in total. The van der Waals surface area contributed by atoms with Crippen LogP contribution in [0.1, 0.15) is 24.5 Å². The largest absolute Gasteiger partial charge is 0.478 e. The Labute approximate surface area is 99.5 Å². The molecule has 0 saturated heterocycles. The van der Waals surface area contributed by atoms with Gasteiger partial charge in [0.1, 0.15) is 0 Å². The van der Waals surface area contributed by atoms with Crippen LogP contribution in [-0.4, -0.2) is 11.1 Å². The predicted octanol–water partition coefficient (Wildman–Crippen LogP) is 3.39. The lowest BCUT2D eigenvalue weighted by Crippen LogP contribution is -2.08. The van der Waals surface area contributed by atoms with Gasteiger partial charge in [-0.1, -0.05) is 30.7 Å². The van der Waals surface area contributed by atoms with Gasteiger partial charge < -0.3 is 5.11 Å². The first-order valence-corrected chi connectivity index (χ1v) is 5.69. The van der Waals surface area contributed by atoms with Crippen LogP contribution in [0.4, 0.5) is 0 Å². The van der Waals surface area contributed by atoms with Crippen molar-refractivity contribution in [2.75, 3.05) is 0 Å². The van der Waals surface area contributed by atoms with Crippen LogP contribution in [0.25, 0.3) is 6.08 Å². The third-order valence-electron chi connectivity index (χ3n) is 3.07. The van der Waals surface area contributed by atoms with Crippen LogP contribution in [-0.2, 0) is 11.2 Å². The Morgan fingerprint density at radius 2 is 2.25 bits per heavy atom. The van der Waals surface area contributed by atoms with Gasteiger partial charge in [-0.15, -0.1) is 0 Å². The van der Waals surface area contributed by atoms with E-state index < -0.39 is 5.97 Å². The molecule has 0 spiro atoms. The van der Waals surface area contributed by atoms with E-state index in [4.69, 9.17) is 16.7 Å². The fraction of sp³-hybridized carbons (Fsp3) is 0.308. The topological polar surface area (TPSA) is 37.3 Å². The second-order valence-electron chi connectivity index (χ2n) is 4.15. The molecule has 2 nitrogen and oxygen atoms in total. The van der Waals surface area contributed by atoms with E-state index in [0.29, 0.717) is 5.57 Å². The van der Waals surface area contributed by atoms with Crippen molar-refractivity contribution < 1.29 is 9.90 Å². The number of benzene rings is 1. The van der Waals surface area contributed by atoms with Gasteiger partial charge in [0.25, 0.3) is 0 Å². The minimum atomic E-state index is -0.833. The van der Waals surface area contributed by atoms with Crippen LogP contribution < -0.4 is 0 Å². The Morgan fingerprint density at radius 1 is 1.50 bits per heavy atom. The number of hydrogen-bond acceptors (Lipinski definition) is 1. The number of halogens is 1. The van der Waals surface area contributed by atoms with E-state index >= 15 is 0 Å². The molecule has 0 fully saturated rings. The number of carboxylic acid groups (broad SMARTS) is 1. The Balaban J connectivity index is 2.54. The quantitative estimate of drug-likeness (QED) is 0.812. The number of aliphatic carboxylic acids is 1. The van der Waals surface area contributed by atoms with Gasteiger partial charge in [0.05, 0.1) is 0 Å². The molecule has 1 aliphatic carbocycles. The minimum absolute atomic E-state index is 0.0703. The number of rotatable bonds is 1. The summed E-state index contributed by atoms with van der Waals surface area (Å²) in [6.07, 6.45) is 3.42. The van der Waals surface area contributed by atoms with E-state index in [1.54, 1.807) is 6.08 Å². The molecular formula is C13H13ClO2. The molecule has 0 aliphatic heterocycles. The van der Waals surface area contributed by atoms with Crippen LogP contribution in [0.3, 0.4) is 0 Å². The fourth-order valence-corrected chi connectivity index (χ4v) is 2.35. The smallest absolute Gasteiger partial charge is 0.331 e.